The Morgan fingerprint density at radius 2 is 2.06 bits per heavy atom. The Labute approximate surface area is 107 Å². The molecule has 0 saturated heterocycles. The highest BCUT2D eigenvalue weighted by atomic mass is 35.5. The monoisotopic (exact) mass is 258 g/mol. The van der Waals surface area contributed by atoms with Gasteiger partial charge in [0.1, 0.15) is 5.82 Å². The molecule has 0 heterocycles. The number of hydrogen-bond donors (Lipinski definition) is 2. The van der Waals surface area contributed by atoms with E-state index < -0.39 is 0 Å². The fourth-order valence-electron chi connectivity index (χ4n) is 1.73. The molecule has 2 nitrogen and oxygen atoms in total. The molecular formula is C13H20ClFN2. The number of rotatable bonds is 6. The van der Waals surface area contributed by atoms with Crippen LogP contribution >= 0.6 is 11.6 Å². The molecule has 1 aromatic carbocycles. The van der Waals surface area contributed by atoms with Crippen molar-refractivity contribution >= 4 is 11.6 Å². The van der Waals surface area contributed by atoms with Gasteiger partial charge in [-0.2, -0.15) is 0 Å². The Morgan fingerprint density at radius 1 is 1.35 bits per heavy atom. The summed E-state index contributed by atoms with van der Waals surface area (Å²) in [5.41, 5.74) is 3.40. The molecule has 0 amide bonds. The predicted molar refractivity (Wildman–Crippen MR) is 70.3 cm³/mol. The zero-order chi connectivity index (χ0) is 12.8. The van der Waals surface area contributed by atoms with Crippen LogP contribution in [0.2, 0.25) is 5.02 Å². The SMILES string of the molecule is CC(C)CCC(Cc1ccc(Cl)cc1F)NN. The van der Waals surface area contributed by atoms with Gasteiger partial charge in [0.2, 0.25) is 0 Å². The third kappa shape index (κ3) is 5.02. The van der Waals surface area contributed by atoms with Gasteiger partial charge in [-0.05, 0) is 42.9 Å². The molecule has 1 atom stereocenters. The molecule has 17 heavy (non-hydrogen) atoms. The van der Waals surface area contributed by atoms with Crippen LogP contribution in [0, 0.1) is 11.7 Å². The van der Waals surface area contributed by atoms with Crippen molar-refractivity contribution < 1.29 is 4.39 Å². The largest absolute Gasteiger partial charge is 0.271 e. The highest BCUT2D eigenvalue weighted by Gasteiger charge is 2.12. The first-order chi connectivity index (χ1) is 8.02. The van der Waals surface area contributed by atoms with Crippen LogP contribution in [0.4, 0.5) is 4.39 Å². The van der Waals surface area contributed by atoms with Crippen LogP contribution in [-0.2, 0) is 6.42 Å². The topological polar surface area (TPSA) is 38.0 Å². The van der Waals surface area contributed by atoms with E-state index in [0.717, 1.165) is 12.8 Å². The third-order valence-corrected chi connectivity index (χ3v) is 3.04. The van der Waals surface area contributed by atoms with Gasteiger partial charge in [-0.15, -0.1) is 0 Å². The van der Waals surface area contributed by atoms with Crippen LogP contribution in [0.5, 0.6) is 0 Å². The second-order valence-electron chi connectivity index (χ2n) is 4.77. The van der Waals surface area contributed by atoms with Crippen LogP contribution < -0.4 is 11.3 Å². The average Bonchev–Trinajstić information content (AvgIpc) is 2.26. The predicted octanol–water partition coefficient (Wildman–Crippen LogP) is 3.29. The lowest BCUT2D eigenvalue weighted by Gasteiger charge is -2.17. The number of nitrogens with one attached hydrogen (secondary N) is 1. The van der Waals surface area contributed by atoms with Gasteiger partial charge < -0.3 is 0 Å². The number of nitrogens with two attached hydrogens (primary N) is 1. The summed E-state index contributed by atoms with van der Waals surface area (Å²) in [5, 5.41) is 0.422. The van der Waals surface area contributed by atoms with E-state index >= 15 is 0 Å². The van der Waals surface area contributed by atoms with Crippen LogP contribution in [0.15, 0.2) is 18.2 Å². The number of hydrogen-bond acceptors (Lipinski definition) is 2. The van der Waals surface area contributed by atoms with Crippen molar-refractivity contribution in [1.82, 2.24) is 5.43 Å². The first-order valence-corrected chi connectivity index (χ1v) is 6.30. The molecule has 0 fully saturated rings. The zero-order valence-corrected chi connectivity index (χ0v) is 11.1. The molecule has 0 radical (unpaired) electrons. The van der Waals surface area contributed by atoms with E-state index in [1.807, 2.05) is 0 Å². The van der Waals surface area contributed by atoms with Crippen LogP contribution in [0.1, 0.15) is 32.3 Å². The maximum atomic E-state index is 13.6. The van der Waals surface area contributed by atoms with Crippen LogP contribution in [0.3, 0.4) is 0 Å². The van der Waals surface area contributed by atoms with Gasteiger partial charge >= 0.3 is 0 Å². The van der Waals surface area contributed by atoms with Gasteiger partial charge in [-0.1, -0.05) is 31.5 Å². The van der Waals surface area contributed by atoms with Gasteiger partial charge in [0, 0.05) is 11.1 Å². The molecule has 1 unspecified atom stereocenters. The molecule has 0 spiro atoms. The van der Waals surface area contributed by atoms with Crippen molar-refractivity contribution in [1.29, 1.82) is 0 Å². The van der Waals surface area contributed by atoms with Crippen molar-refractivity contribution in [2.45, 2.75) is 39.2 Å². The van der Waals surface area contributed by atoms with Gasteiger partial charge in [0.05, 0.1) is 0 Å². The minimum absolute atomic E-state index is 0.105. The first kappa shape index (κ1) is 14.4. The molecule has 96 valence electrons. The summed E-state index contributed by atoms with van der Waals surface area (Å²) in [7, 11) is 0. The Balaban J connectivity index is 2.60. The Hall–Kier alpha value is -0.640. The summed E-state index contributed by atoms with van der Waals surface area (Å²) < 4.78 is 13.6. The Kier molecular flexibility index (Phi) is 5.89. The van der Waals surface area contributed by atoms with E-state index in [-0.39, 0.29) is 11.9 Å². The van der Waals surface area contributed by atoms with Crippen molar-refractivity contribution in [3.63, 3.8) is 0 Å². The third-order valence-electron chi connectivity index (χ3n) is 2.81. The first-order valence-electron chi connectivity index (χ1n) is 5.93. The van der Waals surface area contributed by atoms with Gasteiger partial charge in [0.25, 0.3) is 0 Å². The molecule has 0 aliphatic carbocycles. The van der Waals surface area contributed by atoms with E-state index in [4.69, 9.17) is 17.4 Å². The lowest BCUT2D eigenvalue weighted by atomic mass is 9.98. The smallest absolute Gasteiger partial charge is 0.127 e. The quantitative estimate of drug-likeness (QED) is 0.607. The molecule has 1 aromatic rings. The fraction of sp³-hybridized carbons (Fsp3) is 0.538. The van der Waals surface area contributed by atoms with Crippen LogP contribution in [-0.4, -0.2) is 6.04 Å². The molecule has 0 bridgehead atoms. The molecule has 0 saturated carbocycles. The number of benzene rings is 1. The summed E-state index contributed by atoms with van der Waals surface area (Å²) in [4.78, 5) is 0. The standard InChI is InChI=1S/C13H20ClFN2/c1-9(2)3-6-12(17-16)7-10-4-5-11(14)8-13(10)15/h4-5,8-9,12,17H,3,6-7,16H2,1-2H3. The fourth-order valence-corrected chi connectivity index (χ4v) is 1.89. The summed E-state index contributed by atoms with van der Waals surface area (Å²) in [5.74, 6) is 5.85. The molecular weight excluding hydrogens is 239 g/mol. The Bertz CT molecular complexity index is 355. The van der Waals surface area contributed by atoms with E-state index in [9.17, 15) is 4.39 Å². The minimum atomic E-state index is -0.262. The molecule has 0 aromatic heterocycles. The summed E-state index contributed by atoms with van der Waals surface area (Å²) in [6, 6.07) is 4.87. The molecule has 1 rings (SSSR count). The van der Waals surface area contributed by atoms with Gasteiger partial charge in [0.15, 0.2) is 0 Å². The van der Waals surface area contributed by atoms with E-state index in [0.29, 0.717) is 22.9 Å². The maximum absolute atomic E-state index is 13.6. The maximum Gasteiger partial charge on any atom is 0.127 e. The molecule has 3 N–H and O–H groups in total. The minimum Gasteiger partial charge on any atom is -0.271 e. The molecule has 0 aliphatic rings. The van der Waals surface area contributed by atoms with Crippen molar-refractivity contribution in [2.75, 3.05) is 0 Å². The average molecular weight is 259 g/mol. The van der Waals surface area contributed by atoms with Crippen molar-refractivity contribution in [3.8, 4) is 0 Å². The molecule has 0 aliphatic heterocycles. The number of hydrazine groups is 1. The number of halogens is 2. The summed E-state index contributed by atoms with van der Waals surface area (Å²) in [6.07, 6.45) is 2.60. The summed E-state index contributed by atoms with van der Waals surface area (Å²) >= 11 is 5.71. The van der Waals surface area contributed by atoms with E-state index in [1.54, 1.807) is 12.1 Å². The highest BCUT2D eigenvalue weighted by molar-refractivity contribution is 6.30. The molecule has 4 heteroatoms. The van der Waals surface area contributed by atoms with E-state index in [1.165, 1.54) is 6.07 Å². The zero-order valence-electron chi connectivity index (χ0n) is 10.3. The van der Waals surface area contributed by atoms with Crippen molar-refractivity contribution in [3.05, 3.63) is 34.6 Å². The lowest BCUT2D eigenvalue weighted by Crippen LogP contribution is -2.37. The highest BCUT2D eigenvalue weighted by Crippen LogP contribution is 2.17. The lowest BCUT2D eigenvalue weighted by molar-refractivity contribution is 0.429. The second kappa shape index (κ2) is 6.94. The van der Waals surface area contributed by atoms with E-state index in [2.05, 4.69) is 19.3 Å². The Morgan fingerprint density at radius 3 is 2.59 bits per heavy atom. The summed E-state index contributed by atoms with van der Waals surface area (Å²) in [6.45, 7) is 4.33. The normalized spacial score (nSPS) is 13.1. The second-order valence-corrected chi connectivity index (χ2v) is 5.21. The van der Waals surface area contributed by atoms with Crippen LogP contribution in [0.25, 0.3) is 0 Å². The van der Waals surface area contributed by atoms with Gasteiger partial charge in [-0.3, -0.25) is 11.3 Å². The van der Waals surface area contributed by atoms with Crippen molar-refractivity contribution in [2.24, 2.45) is 11.8 Å². The van der Waals surface area contributed by atoms with Gasteiger partial charge in [-0.25, -0.2) is 4.39 Å².